The molecule has 37 heavy (non-hydrogen) atoms. The van der Waals surface area contributed by atoms with Crippen molar-refractivity contribution >= 4 is 27.7 Å². The Morgan fingerprint density at radius 1 is 0.784 bits per heavy atom. The first-order valence-corrected chi connectivity index (χ1v) is 14.0. The lowest BCUT2D eigenvalue weighted by atomic mass is 10.1. The van der Waals surface area contributed by atoms with Gasteiger partial charge < -0.3 is 14.4 Å². The Hall–Kier alpha value is -3.15. The number of carbonyl (C=O) groups excluding carboxylic acids is 1. The van der Waals surface area contributed by atoms with Gasteiger partial charge in [0.2, 0.25) is 0 Å². The molecule has 2 heterocycles. The molecule has 1 aromatic heterocycles. The molecule has 0 radical (unpaired) electrons. The fourth-order valence-corrected chi connectivity index (χ4v) is 5.71. The summed E-state index contributed by atoms with van der Waals surface area (Å²) in [5.41, 5.74) is 4.66. The minimum absolute atomic E-state index is 0.156. The number of fused-ring (bicyclic) bond motifs is 3. The number of aromatic nitrogens is 1. The minimum Gasteiger partial charge on any atom is -0.340 e. The van der Waals surface area contributed by atoms with Crippen LogP contribution in [0.25, 0.3) is 21.8 Å². The average molecular weight is 497 g/mol. The van der Waals surface area contributed by atoms with Crippen LogP contribution < -0.4 is 0 Å². The van der Waals surface area contributed by atoms with Gasteiger partial charge in [-0.2, -0.15) is 0 Å². The quantitative estimate of drug-likeness (QED) is 0.289. The van der Waals surface area contributed by atoms with Crippen LogP contribution >= 0.6 is 0 Å². The Morgan fingerprint density at radius 3 is 2.24 bits per heavy atom. The van der Waals surface area contributed by atoms with Crippen molar-refractivity contribution in [2.24, 2.45) is 0 Å². The van der Waals surface area contributed by atoms with E-state index in [4.69, 9.17) is 0 Å². The number of hydrogen-bond acceptors (Lipinski definition) is 3. The molecule has 0 spiro atoms. The van der Waals surface area contributed by atoms with Crippen LogP contribution in [0.4, 0.5) is 0 Å². The molecule has 0 atom stereocenters. The molecule has 4 aromatic rings. The van der Waals surface area contributed by atoms with Crippen molar-refractivity contribution in [2.75, 3.05) is 52.4 Å². The van der Waals surface area contributed by atoms with E-state index >= 15 is 0 Å². The Labute approximate surface area is 221 Å². The number of nitrogens with zero attached hydrogens (tertiary/aromatic N) is 4. The van der Waals surface area contributed by atoms with Crippen molar-refractivity contribution in [3.8, 4) is 0 Å². The monoisotopic (exact) mass is 496 g/mol. The molecule has 3 aromatic carbocycles. The van der Waals surface area contributed by atoms with Crippen molar-refractivity contribution < 1.29 is 4.79 Å². The lowest BCUT2D eigenvalue weighted by Crippen LogP contribution is -2.49. The van der Waals surface area contributed by atoms with Gasteiger partial charge in [0, 0.05) is 66.6 Å². The van der Waals surface area contributed by atoms with Crippen molar-refractivity contribution in [2.45, 2.75) is 33.2 Å². The van der Waals surface area contributed by atoms with Gasteiger partial charge in [-0.3, -0.25) is 9.69 Å². The van der Waals surface area contributed by atoms with Gasteiger partial charge >= 0.3 is 0 Å². The Balaban J connectivity index is 1.27. The predicted octanol–water partition coefficient (Wildman–Crippen LogP) is 5.53. The largest absolute Gasteiger partial charge is 0.340 e. The Kier molecular flexibility index (Phi) is 8.22. The molecule has 0 N–H and O–H groups in total. The molecule has 5 heteroatoms. The molecule has 5 nitrogen and oxygen atoms in total. The summed E-state index contributed by atoms with van der Waals surface area (Å²) in [5, 5.41) is 2.42. The van der Waals surface area contributed by atoms with E-state index in [1.807, 2.05) is 11.0 Å². The van der Waals surface area contributed by atoms with Gasteiger partial charge in [0.25, 0.3) is 5.91 Å². The van der Waals surface area contributed by atoms with Gasteiger partial charge in [-0.15, -0.1) is 0 Å². The second-order valence-corrected chi connectivity index (χ2v) is 10.2. The highest BCUT2D eigenvalue weighted by atomic mass is 16.2. The fraction of sp³-hybridized carbons (Fsp3) is 0.406. The van der Waals surface area contributed by atoms with Gasteiger partial charge in [-0.25, -0.2) is 0 Å². The van der Waals surface area contributed by atoms with Crippen LogP contribution in [0.1, 0.15) is 36.2 Å². The van der Waals surface area contributed by atoms with Gasteiger partial charge in [0.15, 0.2) is 0 Å². The molecule has 1 saturated heterocycles. The molecule has 0 unspecified atom stereocenters. The Morgan fingerprint density at radius 2 is 1.49 bits per heavy atom. The van der Waals surface area contributed by atoms with Crippen LogP contribution in [0.2, 0.25) is 0 Å². The topological polar surface area (TPSA) is 31.7 Å². The van der Waals surface area contributed by atoms with E-state index in [9.17, 15) is 4.79 Å². The number of rotatable bonds is 10. The molecule has 0 aliphatic carbocycles. The van der Waals surface area contributed by atoms with Crippen LogP contribution in [0.5, 0.6) is 0 Å². The number of carbonyl (C=O) groups is 1. The van der Waals surface area contributed by atoms with E-state index in [0.29, 0.717) is 0 Å². The molecular formula is C32H40N4O. The number of para-hydroxylation sites is 1. The number of hydrogen-bond donors (Lipinski definition) is 0. The molecule has 0 saturated carbocycles. The highest BCUT2D eigenvalue weighted by Gasteiger charge is 2.23. The van der Waals surface area contributed by atoms with Crippen molar-refractivity contribution in [1.82, 2.24) is 19.3 Å². The molecule has 1 fully saturated rings. The van der Waals surface area contributed by atoms with Crippen molar-refractivity contribution in [3.63, 3.8) is 0 Å². The third-order valence-electron chi connectivity index (χ3n) is 7.99. The summed E-state index contributed by atoms with van der Waals surface area (Å²) in [6.07, 6.45) is 2.18. The third kappa shape index (κ3) is 5.73. The van der Waals surface area contributed by atoms with E-state index in [1.54, 1.807) is 0 Å². The molecule has 1 aliphatic rings. The maximum Gasteiger partial charge on any atom is 0.253 e. The summed E-state index contributed by atoms with van der Waals surface area (Å²) in [4.78, 5) is 20.5. The van der Waals surface area contributed by atoms with Gasteiger partial charge in [-0.05, 0) is 62.3 Å². The molecule has 1 amide bonds. The van der Waals surface area contributed by atoms with Crippen LogP contribution in [0, 0.1) is 0 Å². The van der Waals surface area contributed by atoms with Crippen LogP contribution in [0.15, 0.2) is 72.8 Å². The van der Waals surface area contributed by atoms with Gasteiger partial charge in [-0.1, -0.05) is 62.4 Å². The first-order chi connectivity index (χ1) is 18.2. The second-order valence-electron chi connectivity index (χ2n) is 10.2. The summed E-state index contributed by atoms with van der Waals surface area (Å²) in [6, 6.07) is 25.6. The second kappa shape index (κ2) is 11.9. The van der Waals surface area contributed by atoms with E-state index < -0.39 is 0 Å². The summed E-state index contributed by atoms with van der Waals surface area (Å²) >= 11 is 0. The zero-order valence-corrected chi connectivity index (χ0v) is 22.4. The first-order valence-electron chi connectivity index (χ1n) is 14.0. The summed E-state index contributed by atoms with van der Waals surface area (Å²) in [7, 11) is 0. The zero-order chi connectivity index (χ0) is 25.6. The SMILES string of the molecule is CCN(CC)CCCn1c2ccccc2c2cc(C(=O)N3CCN(CCc4ccccc4)CC3)ccc21. The standard InChI is InChI=1S/C32H40N4O/c1-3-33(4-2)18-10-19-36-30-14-9-8-13-28(30)29-25-27(15-16-31(29)36)32(37)35-23-21-34(22-24-35)20-17-26-11-6-5-7-12-26/h5-9,11-16,25H,3-4,10,17-24H2,1-2H3. The average Bonchev–Trinajstić information content (AvgIpc) is 3.27. The zero-order valence-electron chi connectivity index (χ0n) is 22.4. The lowest BCUT2D eigenvalue weighted by molar-refractivity contribution is 0.0638. The van der Waals surface area contributed by atoms with E-state index in [0.717, 1.165) is 77.3 Å². The highest BCUT2D eigenvalue weighted by Crippen LogP contribution is 2.30. The van der Waals surface area contributed by atoms with Crippen molar-refractivity contribution in [1.29, 1.82) is 0 Å². The molecule has 194 valence electrons. The summed E-state index contributed by atoms with van der Waals surface area (Å²) < 4.78 is 2.44. The Bertz CT molecular complexity index is 1320. The molecular weight excluding hydrogens is 456 g/mol. The maximum absolute atomic E-state index is 13.5. The number of amides is 1. The van der Waals surface area contributed by atoms with Crippen LogP contribution in [-0.2, 0) is 13.0 Å². The predicted molar refractivity (Wildman–Crippen MR) is 154 cm³/mol. The van der Waals surface area contributed by atoms with Crippen LogP contribution in [0.3, 0.4) is 0 Å². The first kappa shape index (κ1) is 25.5. The lowest BCUT2D eigenvalue weighted by Gasteiger charge is -2.34. The fourth-order valence-electron chi connectivity index (χ4n) is 5.71. The smallest absolute Gasteiger partial charge is 0.253 e. The minimum atomic E-state index is 0.156. The van der Waals surface area contributed by atoms with Gasteiger partial charge in [0.05, 0.1) is 0 Å². The normalized spacial score (nSPS) is 14.7. The van der Waals surface area contributed by atoms with Gasteiger partial charge in [0.1, 0.15) is 0 Å². The number of aryl methyl sites for hydroxylation is 1. The molecule has 5 rings (SSSR count). The molecule has 1 aliphatic heterocycles. The number of benzene rings is 3. The van der Waals surface area contributed by atoms with E-state index in [2.05, 4.69) is 94.9 Å². The number of piperazine rings is 1. The summed E-state index contributed by atoms with van der Waals surface area (Å²) in [6.45, 7) is 13.2. The van der Waals surface area contributed by atoms with E-state index in [-0.39, 0.29) is 5.91 Å². The van der Waals surface area contributed by atoms with E-state index in [1.165, 1.54) is 27.4 Å². The third-order valence-corrected chi connectivity index (χ3v) is 7.99. The molecule has 0 bridgehead atoms. The summed E-state index contributed by atoms with van der Waals surface area (Å²) in [5.74, 6) is 0.156. The van der Waals surface area contributed by atoms with Crippen LogP contribution in [-0.4, -0.2) is 77.5 Å². The highest BCUT2D eigenvalue weighted by molar-refractivity contribution is 6.10. The maximum atomic E-state index is 13.5. The van der Waals surface area contributed by atoms with Crippen molar-refractivity contribution in [3.05, 3.63) is 83.9 Å².